The summed E-state index contributed by atoms with van der Waals surface area (Å²) in [5.74, 6) is 0.799. The molecule has 0 aliphatic heterocycles. The Kier molecular flexibility index (Phi) is 4.35. The van der Waals surface area contributed by atoms with E-state index in [1.807, 2.05) is 42.7 Å². The van der Waals surface area contributed by atoms with Gasteiger partial charge in [-0.2, -0.15) is 4.68 Å². The van der Waals surface area contributed by atoms with Crippen LogP contribution < -0.4 is 4.74 Å². The molecule has 0 spiro atoms. The molecule has 98 valence electrons. The van der Waals surface area contributed by atoms with E-state index in [0.29, 0.717) is 5.16 Å². The van der Waals surface area contributed by atoms with Crippen molar-refractivity contribution in [1.29, 1.82) is 0 Å². The van der Waals surface area contributed by atoms with Crippen molar-refractivity contribution in [2.75, 3.05) is 7.11 Å². The lowest BCUT2D eigenvalue weighted by Crippen LogP contribution is -1.98. The van der Waals surface area contributed by atoms with Gasteiger partial charge >= 0.3 is 0 Å². The minimum Gasteiger partial charge on any atom is -0.497 e. The van der Waals surface area contributed by atoms with Crippen molar-refractivity contribution >= 4 is 11.8 Å². The highest BCUT2D eigenvalue weighted by molar-refractivity contribution is 8.02. The van der Waals surface area contributed by atoms with Crippen LogP contribution >= 0.6 is 11.8 Å². The minimum atomic E-state index is 0.697. The molecule has 0 atom stereocenters. The molecule has 0 fully saturated rings. The zero-order valence-corrected chi connectivity index (χ0v) is 11.6. The number of tetrazole rings is 1. The molecule has 0 aliphatic rings. The van der Waals surface area contributed by atoms with E-state index in [2.05, 4.69) is 22.1 Å². The fraction of sp³-hybridized carbons (Fsp3) is 0.154. The summed E-state index contributed by atoms with van der Waals surface area (Å²) in [4.78, 5) is 0. The zero-order valence-electron chi connectivity index (χ0n) is 10.8. The monoisotopic (exact) mass is 274 g/mol. The van der Waals surface area contributed by atoms with Crippen LogP contribution in [-0.4, -0.2) is 27.3 Å². The SMILES string of the molecule is C=C(C)/C=C/Sc1nnnn1-c1ccc(OC)cc1. The number of nitrogens with zero attached hydrogens (tertiary/aromatic N) is 4. The topological polar surface area (TPSA) is 52.8 Å². The lowest BCUT2D eigenvalue weighted by molar-refractivity contribution is 0.414. The molecule has 0 radical (unpaired) electrons. The predicted octanol–water partition coefficient (Wildman–Crippen LogP) is 2.85. The van der Waals surface area contributed by atoms with Gasteiger partial charge in [0.25, 0.3) is 0 Å². The van der Waals surface area contributed by atoms with Gasteiger partial charge in [0.1, 0.15) is 5.75 Å². The first-order valence-electron chi connectivity index (χ1n) is 5.62. The summed E-state index contributed by atoms with van der Waals surface area (Å²) in [7, 11) is 1.63. The third-order valence-corrected chi connectivity index (χ3v) is 3.02. The van der Waals surface area contributed by atoms with E-state index in [1.54, 1.807) is 11.8 Å². The van der Waals surface area contributed by atoms with E-state index in [0.717, 1.165) is 17.0 Å². The van der Waals surface area contributed by atoms with Gasteiger partial charge in [-0.15, -0.1) is 5.10 Å². The van der Waals surface area contributed by atoms with Gasteiger partial charge in [0.15, 0.2) is 0 Å². The van der Waals surface area contributed by atoms with Gasteiger partial charge in [0.05, 0.1) is 12.8 Å². The predicted molar refractivity (Wildman–Crippen MR) is 75.5 cm³/mol. The Morgan fingerprint density at radius 2 is 2.11 bits per heavy atom. The molecule has 0 bridgehead atoms. The van der Waals surface area contributed by atoms with Gasteiger partial charge in [-0.1, -0.05) is 30.0 Å². The maximum Gasteiger partial charge on any atom is 0.218 e. The van der Waals surface area contributed by atoms with Crippen LogP contribution in [0, 0.1) is 0 Å². The summed E-state index contributed by atoms with van der Waals surface area (Å²) >= 11 is 1.44. The summed E-state index contributed by atoms with van der Waals surface area (Å²) in [6.45, 7) is 5.74. The van der Waals surface area contributed by atoms with Gasteiger partial charge in [0.2, 0.25) is 5.16 Å². The molecule has 19 heavy (non-hydrogen) atoms. The van der Waals surface area contributed by atoms with E-state index < -0.39 is 0 Å². The summed E-state index contributed by atoms with van der Waals surface area (Å²) in [6, 6.07) is 7.55. The lowest BCUT2D eigenvalue weighted by atomic mass is 10.3. The highest BCUT2D eigenvalue weighted by Gasteiger charge is 2.07. The Morgan fingerprint density at radius 3 is 2.74 bits per heavy atom. The second kappa shape index (κ2) is 6.19. The van der Waals surface area contributed by atoms with Gasteiger partial charge in [-0.05, 0) is 47.0 Å². The molecule has 2 aromatic rings. The van der Waals surface area contributed by atoms with E-state index in [9.17, 15) is 0 Å². The molecular weight excluding hydrogens is 260 g/mol. The molecule has 5 nitrogen and oxygen atoms in total. The number of aromatic nitrogens is 4. The second-order valence-corrected chi connectivity index (χ2v) is 4.71. The fourth-order valence-electron chi connectivity index (χ4n) is 1.35. The number of hydrogen-bond acceptors (Lipinski definition) is 5. The number of hydrogen-bond donors (Lipinski definition) is 0. The summed E-state index contributed by atoms with van der Waals surface area (Å²) < 4.78 is 6.79. The van der Waals surface area contributed by atoms with Crippen molar-refractivity contribution in [2.24, 2.45) is 0 Å². The highest BCUT2D eigenvalue weighted by atomic mass is 32.2. The molecule has 6 heteroatoms. The first-order valence-corrected chi connectivity index (χ1v) is 6.50. The van der Waals surface area contributed by atoms with Crippen LogP contribution in [0.2, 0.25) is 0 Å². The standard InChI is InChI=1S/C13H14N4OS/c1-10(2)8-9-19-13-14-15-16-17(13)11-4-6-12(18-3)7-5-11/h4-9H,1H2,2-3H3/b9-8+. The number of methoxy groups -OCH3 is 1. The summed E-state index contributed by atoms with van der Waals surface area (Å²) in [6.07, 6.45) is 1.91. The van der Waals surface area contributed by atoms with Crippen LogP contribution in [0.25, 0.3) is 5.69 Å². The molecular formula is C13H14N4OS. The first kappa shape index (κ1) is 13.4. The van der Waals surface area contributed by atoms with Crippen molar-refractivity contribution in [3.05, 3.63) is 47.9 Å². The van der Waals surface area contributed by atoms with E-state index in [4.69, 9.17) is 4.74 Å². The third-order valence-electron chi connectivity index (χ3n) is 2.28. The summed E-state index contributed by atoms with van der Waals surface area (Å²) in [5, 5.41) is 14.3. The van der Waals surface area contributed by atoms with E-state index in [1.165, 1.54) is 11.8 Å². The molecule has 1 aromatic carbocycles. The van der Waals surface area contributed by atoms with Gasteiger partial charge < -0.3 is 4.74 Å². The van der Waals surface area contributed by atoms with Gasteiger partial charge in [-0.3, -0.25) is 0 Å². The molecule has 0 unspecified atom stereocenters. The first-order chi connectivity index (χ1) is 9.20. The van der Waals surface area contributed by atoms with Crippen LogP contribution in [0.1, 0.15) is 6.92 Å². The van der Waals surface area contributed by atoms with Crippen LogP contribution in [-0.2, 0) is 0 Å². The number of thioether (sulfide) groups is 1. The van der Waals surface area contributed by atoms with Crippen molar-refractivity contribution in [1.82, 2.24) is 20.2 Å². The zero-order chi connectivity index (χ0) is 13.7. The number of benzene rings is 1. The Balaban J connectivity index is 2.20. The van der Waals surface area contributed by atoms with E-state index in [-0.39, 0.29) is 0 Å². The normalized spacial score (nSPS) is 10.8. The Labute approximate surface area is 116 Å². The van der Waals surface area contributed by atoms with Gasteiger partial charge in [-0.25, -0.2) is 0 Å². The molecule has 0 N–H and O–H groups in total. The second-order valence-electron chi connectivity index (χ2n) is 3.84. The number of rotatable bonds is 5. The van der Waals surface area contributed by atoms with Crippen LogP contribution in [0.5, 0.6) is 5.75 Å². The Morgan fingerprint density at radius 1 is 1.37 bits per heavy atom. The van der Waals surface area contributed by atoms with Crippen LogP contribution in [0.3, 0.4) is 0 Å². The van der Waals surface area contributed by atoms with Crippen molar-refractivity contribution in [3.8, 4) is 11.4 Å². The van der Waals surface area contributed by atoms with Crippen molar-refractivity contribution < 1.29 is 4.74 Å². The summed E-state index contributed by atoms with van der Waals surface area (Å²) in [5.41, 5.74) is 1.87. The molecule has 0 amide bonds. The fourth-order valence-corrected chi connectivity index (χ4v) is 2.10. The van der Waals surface area contributed by atoms with Crippen LogP contribution in [0.4, 0.5) is 0 Å². The molecule has 0 saturated heterocycles. The molecule has 1 aromatic heterocycles. The highest BCUT2D eigenvalue weighted by Crippen LogP contribution is 2.21. The third kappa shape index (κ3) is 3.45. The molecule has 1 heterocycles. The van der Waals surface area contributed by atoms with Gasteiger partial charge in [0, 0.05) is 0 Å². The van der Waals surface area contributed by atoms with Crippen molar-refractivity contribution in [3.63, 3.8) is 0 Å². The minimum absolute atomic E-state index is 0.697. The maximum absolute atomic E-state index is 5.12. The smallest absolute Gasteiger partial charge is 0.218 e. The largest absolute Gasteiger partial charge is 0.497 e. The molecule has 0 saturated carbocycles. The quantitative estimate of drug-likeness (QED) is 0.620. The average molecular weight is 274 g/mol. The lowest BCUT2D eigenvalue weighted by Gasteiger charge is -2.04. The van der Waals surface area contributed by atoms with Crippen molar-refractivity contribution in [2.45, 2.75) is 12.1 Å². The van der Waals surface area contributed by atoms with E-state index >= 15 is 0 Å². The number of ether oxygens (including phenoxy) is 1. The Bertz CT molecular complexity index is 589. The Hall–Kier alpha value is -2.08. The molecule has 0 aliphatic carbocycles. The molecule has 2 rings (SSSR count). The number of allylic oxidation sites excluding steroid dienone is 2. The van der Waals surface area contributed by atoms with Crippen LogP contribution in [0.15, 0.2) is 53.1 Å². The average Bonchev–Trinajstić information content (AvgIpc) is 2.87. The maximum atomic E-state index is 5.12.